The summed E-state index contributed by atoms with van der Waals surface area (Å²) < 4.78 is 13.8. The fourth-order valence-electron chi connectivity index (χ4n) is 0.682. The Morgan fingerprint density at radius 2 is 1.88 bits per heavy atom. The molecule has 0 aromatic heterocycles. The lowest BCUT2D eigenvalue weighted by atomic mass is 10.2. The summed E-state index contributed by atoms with van der Waals surface area (Å²) in [4.78, 5) is 22.2. The predicted octanol–water partition coefficient (Wildman–Crippen LogP) is 0.880. The van der Waals surface area contributed by atoms with E-state index in [-0.39, 0.29) is 13.2 Å². The highest BCUT2D eigenvalue weighted by molar-refractivity contribution is 5.80. The number of methoxy groups -OCH3 is 1. The number of ether oxygens (including phenoxy) is 3. The number of amides is 1. The van der Waals surface area contributed by atoms with Crippen molar-refractivity contribution >= 4 is 12.2 Å². The van der Waals surface area contributed by atoms with Crippen LogP contribution < -0.4 is 5.84 Å². The Morgan fingerprint density at radius 3 is 2.31 bits per heavy atom. The minimum Gasteiger partial charge on any atom is -0.428 e. The van der Waals surface area contributed by atoms with Gasteiger partial charge in [-0.1, -0.05) is 0 Å². The largest absolute Gasteiger partial charge is 0.517 e. The first-order valence-corrected chi connectivity index (χ1v) is 4.72. The molecule has 94 valence electrons. The first-order valence-electron chi connectivity index (χ1n) is 4.72. The molecule has 0 saturated carbocycles. The van der Waals surface area contributed by atoms with Gasteiger partial charge in [0.05, 0.1) is 13.2 Å². The molecule has 1 amide bonds. The summed E-state index contributed by atoms with van der Waals surface area (Å²) in [6.45, 7) is 5.34. The third-order valence-electron chi connectivity index (χ3n) is 1.33. The molecule has 2 N–H and O–H groups in total. The molecular formula is C9H18N2O5. The van der Waals surface area contributed by atoms with Gasteiger partial charge in [-0.2, -0.15) is 0 Å². The standard InChI is InChI=1S/C9H18N2O5/c1-9(2,3)16-8(13)15-7(12)11(10)5-6-14-4/h5-6,10H2,1-4H3. The van der Waals surface area contributed by atoms with Gasteiger partial charge in [0.25, 0.3) is 0 Å². The van der Waals surface area contributed by atoms with Crippen molar-refractivity contribution in [2.24, 2.45) is 5.84 Å². The van der Waals surface area contributed by atoms with Crippen LogP contribution in [0.2, 0.25) is 0 Å². The van der Waals surface area contributed by atoms with Crippen LogP contribution in [0, 0.1) is 0 Å². The summed E-state index contributed by atoms with van der Waals surface area (Å²) in [5.41, 5.74) is -0.719. The van der Waals surface area contributed by atoms with Gasteiger partial charge in [-0.05, 0) is 20.8 Å². The molecule has 0 aromatic carbocycles. The number of nitrogens with two attached hydrogens (primary N) is 1. The van der Waals surface area contributed by atoms with Gasteiger partial charge in [0.1, 0.15) is 5.60 Å². The number of hydrogen-bond acceptors (Lipinski definition) is 6. The van der Waals surface area contributed by atoms with E-state index in [2.05, 4.69) is 4.74 Å². The highest BCUT2D eigenvalue weighted by Gasteiger charge is 2.22. The monoisotopic (exact) mass is 234 g/mol. The van der Waals surface area contributed by atoms with E-state index in [1.165, 1.54) is 7.11 Å². The smallest absolute Gasteiger partial charge is 0.428 e. The summed E-state index contributed by atoms with van der Waals surface area (Å²) in [7, 11) is 1.47. The Kier molecular flexibility index (Phi) is 5.76. The van der Waals surface area contributed by atoms with Crippen LogP contribution in [-0.4, -0.2) is 43.1 Å². The van der Waals surface area contributed by atoms with E-state index in [0.717, 1.165) is 5.01 Å². The minimum atomic E-state index is -1.08. The van der Waals surface area contributed by atoms with Crippen LogP contribution in [0.5, 0.6) is 0 Å². The average molecular weight is 234 g/mol. The predicted molar refractivity (Wildman–Crippen MR) is 55.5 cm³/mol. The number of hydrazine groups is 1. The molecule has 0 saturated heterocycles. The Morgan fingerprint density at radius 1 is 1.31 bits per heavy atom. The average Bonchev–Trinajstić information content (AvgIpc) is 2.10. The van der Waals surface area contributed by atoms with Gasteiger partial charge >= 0.3 is 12.2 Å². The molecule has 0 aliphatic rings. The highest BCUT2D eigenvalue weighted by atomic mass is 16.8. The maximum atomic E-state index is 11.2. The molecule has 0 bridgehead atoms. The first kappa shape index (κ1) is 14.7. The van der Waals surface area contributed by atoms with E-state index in [9.17, 15) is 9.59 Å². The van der Waals surface area contributed by atoms with Gasteiger partial charge in [-0.25, -0.2) is 20.4 Å². The molecule has 0 aliphatic carbocycles. The molecule has 0 atom stereocenters. The molecule has 0 fully saturated rings. The molecule has 7 heteroatoms. The number of nitrogens with zero attached hydrogens (tertiary/aromatic N) is 1. The van der Waals surface area contributed by atoms with Crippen LogP contribution in [0.25, 0.3) is 0 Å². The zero-order valence-electron chi connectivity index (χ0n) is 9.98. The van der Waals surface area contributed by atoms with Crippen molar-refractivity contribution in [1.82, 2.24) is 5.01 Å². The van der Waals surface area contributed by atoms with Crippen LogP contribution in [0.3, 0.4) is 0 Å². The molecule has 0 aromatic rings. The van der Waals surface area contributed by atoms with Crippen LogP contribution in [-0.2, 0) is 14.2 Å². The molecule has 0 rings (SSSR count). The summed E-state index contributed by atoms with van der Waals surface area (Å²) in [6, 6.07) is 0. The summed E-state index contributed by atoms with van der Waals surface area (Å²) in [5, 5.41) is 0.730. The fourth-order valence-corrected chi connectivity index (χ4v) is 0.682. The molecule has 0 radical (unpaired) electrons. The van der Waals surface area contributed by atoms with E-state index in [0.29, 0.717) is 0 Å². The summed E-state index contributed by atoms with van der Waals surface area (Å²) in [5.74, 6) is 5.29. The first-order chi connectivity index (χ1) is 7.26. The van der Waals surface area contributed by atoms with E-state index < -0.39 is 17.8 Å². The third kappa shape index (κ3) is 7.02. The lowest BCUT2D eigenvalue weighted by Crippen LogP contribution is -2.41. The number of carbonyl (C=O) groups is 2. The van der Waals surface area contributed by atoms with E-state index in [4.69, 9.17) is 15.3 Å². The molecule has 0 spiro atoms. The van der Waals surface area contributed by atoms with Crippen LogP contribution in [0.1, 0.15) is 20.8 Å². The minimum absolute atomic E-state index is 0.123. The SMILES string of the molecule is COCCN(N)C(=O)OC(=O)OC(C)(C)C. The van der Waals surface area contributed by atoms with Crippen LogP contribution in [0.15, 0.2) is 0 Å². The van der Waals surface area contributed by atoms with Gasteiger partial charge in [0, 0.05) is 7.11 Å². The summed E-state index contributed by atoms with van der Waals surface area (Å²) in [6.07, 6.45) is -2.06. The van der Waals surface area contributed by atoms with Crippen molar-refractivity contribution in [3.63, 3.8) is 0 Å². The molecule has 0 aliphatic heterocycles. The normalized spacial score (nSPS) is 10.8. The summed E-state index contributed by atoms with van der Waals surface area (Å²) >= 11 is 0. The molecular weight excluding hydrogens is 216 g/mol. The van der Waals surface area contributed by atoms with Gasteiger partial charge in [0.2, 0.25) is 0 Å². The van der Waals surface area contributed by atoms with Gasteiger partial charge < -0.3 is 14.2 Å². The zero-order valence-corrected chi connectivity index (χ0v) is 9.98. The second-order valence-corrected chi connectivity index (χ2v) is 4.02. The maximum Gasteiger partial charge on any atom is 0.517 e. The van der Waals surface area contributed by atoms with Crippen LogP contribution >= 0.6 is 0 Å². The van der Waals surface area contributed by atoms with Gasteiger partial charge in [0.15, 0.2) is 0 Å². The highest BCUT2D eigenvalue weighted by Crippen LogP contribution is 2.08. The molecule has 0 unspecified atom stereocenters. The Labute approximate surface area is 94.4 Å². The second-order valence-electron chi connectivity index (χ2n) is 4.02. The lowest BCUT2D eigenvalue weighted by molar-refractivity contribution is 0.00146. The van der Waals surface area contributed by atoms with Crippen molar-refractivity contribution in [3.05, 3.63) is 0 Å². The van der Waals surface area contributed by atoms with Gasteiger partial charge in [-0.15, -0.1) is 0 Å². The maximum absolute atomic E-state index is 11.2. The van der Waals surface area contributed by atoms with Gasteiger partial charge in [-0.3, -0.25) is 0 Å². The van der Waals surface area contributed by atoms with Crippen LogP contribution in [0.4, 0.5) is 9.59 Å². The number of carbonyl (C=O) groups excluding carboxylic acids is 2. The molecule has 0 heterocycles. The fraction of sp³-hybridized carbons (Fsp3) is 0.778. The quantitative estimate of drug-likeness (QED) is 0.256. The Hall–Kier alpha value is -1.34. The van der Waals surface area contributed by atoms with Crippen molar-refractivity contribution in [2.45, 2.75) is 26.4 Å². The van der Waals surface area contributed by atoms with E-state index >= 15 is 0 Å². The number of rotatable bonds is 3. The lowest BCUT2D eigenvalue weighted by Gasteiger charge is -2.20. The van der Waals surface area contributed by atoms with E-state index in [1.54, 1.807) is 20.8 Å². The van der Waals surface area contributed by atoms with Crippen molar-refractivity contribution in [1.29, 1.82) is 0 Å². The second kappa shape index (κ2) is 6.29. The van der Waals surface area contributed by atoms with Crippen molar-refractivity contribution in [2.75, 3.05) is 20.3 Å². The zero-order chi connectivity index (χ0) is 12.8. The topological polar surface area (TPSA) is 91.1 Å². The Bertz CT molecular complexity index is 249. The molecule has 7 nitrogen and oxygen atoms in total. The number of hydrogen-bond donors (Lipinski definition) is 1. The third-order valence-corrected chi connectivity index (χ3v) is 1.33. The van der Waals surface area contributed by atoms with Crippen molar-refractivity contribution < 1.29 is 23.8 Å². The van der Waals surface area contributed by atoms with Crippen molar-refractivity contribution in [3.8, 4) is 0 Å². The molecule has 16 heavy (non-hydrogen) atoms. The van der Waals surface area contributed by atoms with E-state index in [1.807, 2.05) is 0 Å². The Balaban J connectivity index is 3.99.